The number of benzene rings is 1. The Kier molecular flexibility index (Phi) is 24.2. The number of nitrogens with zero attached hydrogens (tertiary/aromatic N) is 10. The van der Waals surface area contributed by atoms with E-state index < -0.39 is 143 Å². The fourth-order valence-electron chi connectivity index (χ4n) is 16.4. The number of hydrogen-bond donors (Lipinski definition) is 10. The number of nitrogens with one attached hydrogen (secondary N) is 1. The smallest absolute Gasteiger partial charge is 0.756 e. The predicted molar refractivity (Wildman–Crippen MR) is 377 cm³/mol. The second kappa shape index (κ2) is 30.9. The normalized spacial score (nSPS) is 31.2. The van der Waals surface area contributed by atoms with Gasteiger partial charge in [0.25, 0.3) is 7.82 Å². The number of fused-ring (bicyclic) bond motifs is 8. The molecule has 8 bridgehead atoms. The molecule has 34 heteroatoms. The summed E-state index contributed by atoms with van der Waals surface area (Å²) >= 11 is 0. The Bertz CT molecular complexity index is 4280. The zero-order chi connectivity index (χ0) is 75.3. The Labute approximate surface area is 607 Å². The van der Waals surface area contributed by atoms with Crippen molar-refractivity contribution in [2.45, 2.75) is 196 Å². The van der Waals surface area contributed by atoms with Crippen LogP contribution in [0.1, 0.15) is 150 Å². The molecule has 103 heavy (non-hydrogen) atoms. The molecule has 6 aliphatic heterocycles. The number of aryl methyl sites for hydroxylation is 2. The first-order valence-corrected chi connectivity index (χ1v) is 35.5. The molecule has 7 amide bonds. The zero-order valence-electron chi connectivity index (χ0n) is 59.9. The number of ether oxygens (including phenoxy) is 1. The van der Waals surface area contributed by atoms with Crippen LogP contribution in [0.15, 0.2) is 80.4 Å². The molecule has 32 nitrogen and oxygen atoms in total. The first kappa shape index (κ1) is 80.5. The maximum absolute atomic E-state index is 14.4. The number of hydrogen-bond acceptors (Lipinski definition) is 22. The van der Waals surface area contributed by atoms with Crippen LogP contribution >= 0.6 is 7.82 Å². The molecule has 15 atom stereocenters. The number of primary amides is 6. The molecule has 9 heterocycles. The average molecular weight is 1490 g/mol. The van der Waals surface area contributed by atoms with E-state index in [4.69, 9.17) is 74.2 Å². The maximum Gasteiger partial charge on any atom is 3.00 e. The van der Waals surface area contributed by atoms with Gasteiger partial charge in [0.1, 0.15) is 30.2 Å². The van der Waals surface area contributed by atoms with E-state index in [0.717, 1.165) is 16.8 Å². The van der Waals surface area contributed by atoms with E-state index in [1.54, 1.807) is 13.3 Å². The minimum absolute atomic E-state index is 0. The number of aliphatic hydroxyl groups is 2. The number of aliphatic hydroxyl groups excluding tert-OH is 2. The fourth-order valence-corrected chi connectivity index (χ4v) is 17.5. The minimum Gasteiger partial charge on any atom is -0.756 e. The predicted octanol–water partition coefficient (Wildman–Crippen LogP) is 3.56. The van der Waals surface area contributed by atoms with Crippen LogP contribution < -0.4 is 50.3 Å². The topological polar surface area (TPSA) is 535 Å². The van der Waals surface area contributed by atoms with E-state index in [1.807, 2.05) is 85.1 Å². The number of aliphatic imine (C=N–C) groups is 3. The fraction of sp³-hybridized carbons (Fsp3) is 0.580. The van der Waals surface area contributed by atoms with Gasteiger partial charge in [-0.25, -0.2) is 19.9 Å². The molecule has 10 rings (SSSR count). The third-order valence-electron chi connectivity index (χ3n) is 22.2. The molecule has 15 unspecified atom stereocenters. The van der Waals surface area contributed by atoms with Gasteiger partial charge in [-0.3, -0.25) is 53.1 Å². The average Bonchev–Trinajstić information content (AvgIpc) is 1.53. The molecule has 4 aromatic rings. The quantitative estimate of drug-likeness (QED) is 0.0301. The van der Waals surface area contributed by atoms with Crippen molar-refractivity contribution in [3.05, 3.63) is 88.8 Å². The molecule has 6 aliphatic rings. The van der Waals surface area contributed by atoms with Crippen LogP contribution in [0.4, 0.5) is 5.82 Å². The van der Waals surface area contributed by atoms with E-state index in [-0.39, 0.29) is 94.0 Å². The summed E-state index contributed by atoms with van der Waals surface area (Å²) in [5.41, 5.74) is 43.6. The number of nitrogens with two attached hydrogens (primary N) is 7. The molecule has 2 fully saturated rings. The number of phosphoric ester groups is 1. The number of rotatable bonds is 27. The molecule has 2 saturated heterocycles. The van der Waals surface area contributed by atoms with Gasteiger partial charge in [0.2, 0.25) is 41.4 Å². The summed E-state index contributed by atoms with van der Waals surface area (Å²) in [4.78, 5) is 140. The third kappa shape index (κ3) is 15.8. The third-order valence-corrected chi connectivity index (χ3v) is 23.3. The van der Waals surface area contributed by atoms with Gasteiger partial charge in [0.15, 0.2) is 17.7 Å². The van der Waals surface area contributed by atoms with Crippen LogP contribution in [0.5, 0.6) is 0 Å². The van der Waals surface area contributed by atoms with Crippen molar-refractivity contribution in [3.63, 3.8) is 0 Å². The SMILES string of the molecule is C/C1=C2N=C(/C=C3N=C(/C(C)=C4\[N-]C(C(CC(N)=O)C4(C)CCC(=O)NCC(C)OP(=O)([O-])OC4C(CO)OC(n5cnc6cc(C)c(C)cc65)C4O)C4(C)N=C1C(CCC(N)=O)C4(C)CC(N)=O)C(CCC(N)=O)C\3(C)C)C(CCC(N)=O)C/2(C)CC(N)=O.[CH2-]Cn1cnc2c(N)ncnc21.[Co+3]. The van der Waals surface area contributed by atoms with E-state index in [2.05, 4.69) is 32.2 Å². The van der Waals surface area contributed by atoms with E-state index in [0.29, 0.717) is 74.3 Å². The molecule has 3 aromatic heterocycles. The van der Waals surface area contributed by atoms with Crippen LogP contribution in [0.25, 0.3) is 27.5 Å². The van der Waals surface area contributed by atoms with Gasteiger partial charge >= 0.3 is 16.8 Å². The molecular weight excluding hydrogens is 1390 g/mol. The minimum atomic E-state index is -5.32. The summed E-state index contributed by atoms with van der Waals surface area (Å²) in [6.07, 6.45) is -1.71. The number of amides is 7. The molecule has 0 radical (unpaired) electrons. The van der Waals surface area contributed by atoms with Crippen molar-refractivity contribution in [1.29, 1.82) is 0 Å². The molecule has 0 saturated carbocycles. The standard InChI is InChI=1S/C62H90N13O14P.C7H8N5.Co/c1-29-20-39-40(21-30(29)2)75(28-70-39)57-52(84)53(41(27-76)87-57)89-90(85,86)88-31(3)26-69-49(83)18-19-59(8)37(22-46(66)80)56-62(11)61(10,25-48(68)82)36(14-17-45(65)79)51(74-62)33(5)55-60(9,24-47(67)81)34(12-15-43(63)77)38(71-55)23-42-58(6,7)35(13-16-44(64)78)50(72-42)32(4)54(59)73-56;1-2-12-4-11-5-6(8)9-3-10-7(5)12;/h20-21,23,28,31,34-37,41,52-53,56-57,76,84H,12-19,22,24-27H2,1-11H3,(H15,63,64,65,66,67,68,69,71,72,73,74,77,78,79,80,81,82,83,85,86);3-4H,1-2H2,(H2,8,9,10);/q;-1;+3/p-2. The van der Waals surface area contributed by atoms with Crippen molar-refractivity contribution in [3.8, 4) is 0 Å². The summed E-state index contributed by atoms with van der Waals surface area (Å²) in [6, 6.07) is 2.65. The Morgan fingerprint density at radius 1 is 0.786 bits per heavy atom. The second-order valence-electron chi connectivity index (χ2n) is 29.4. The van der Waals surface area contributed by atoms with Gasteiger partial charge in [-0.1, -0.05) is 40.7 Å². The van der Waals surface area contributed by atoms with E-state index in [1.165, 1.54) is 24.1 Å². The first-order chi connectivity index (χ1) is 47.7. The number of phosphoric acid groups is 1. The Morgan fingerprint density at radius 3 is 2.01 bits per heavy atom. The van der Waals surface area contributed by atoms with Crippen molar-refractivity contribution < 1.29 is 83.8 Å². The van der Waals surface area contributed by atoms with Gasteiger partial charge in [-0.05, 0) is 119 Å². The first-order valence-electron chi connectivity index (χ1n) is 34.0. The van der Waals surface area contributed by atoms with Crippen molar-refractivity contribution in [2.75, 3.05) is 18.9 Å². The summed E-state index contributed by atoms with van der Waals surface area (Å²) in [7, 11) is -5.32. The maximum atomic E-state index is 14.4. The Hall–Kier alpha value is -8.14. The molecule has 17 N–H and O–H groups in total. The summed E-state index contributed by atoms with van der Waals surface area (Å²) in [5.74, 6) is -6.99. The zero-order valence-corrected chi connectivity index (χ0v) is 61.9. The number of imidazole rings is 2. The molecule has 0 spiro atoms. The van der Waals surface area contributed by atoms with Gasteiger partial charge in [-0.2, -0.15) is 5.70 Å². The molecular formula is C69H96CoN18O14P. The summed E-state index contributed by atoms with van der Waals surface area (Å²) < 4.78 is 33.7. The number of nitrogen functional groups attached to an aromatic ring is 1. The van der Waals surface area contributed by atoms with Crippen molar-refractivity contribution >= 4 is 94.3 Å². The molecule has 560 valence electrons. The number of carbonyl (C=O) groups is 7. The van der Waals surface area contributed by atoms with Crippen LogP contribution in [0, 0.1) is 66.1 Å². The number of allylic oxidation sites excluding steroid dienone is 6. The van der Waals surface area contributed by atoms with Crippen LogP contribution in [0.2, 0.25) is 0 Å². The van der Waals surface area contributed by atoms with Crippen LogP contribution in [0.3, 0.4) is 0 Å². The van der Waals surface area contributed by atoms with Gasteiger partial charge < -0.3 is 95.7 Å². The van der Waals surface area contributed by atoms with Crippen molar-refractivity contribution in [2.24, 2.45) is 94.7 Å². The van der Waals surface area contributed by atoms with E-state index in [9.17, 15) is 53.2 Å². The number of aromatic nitrogens is 6. The molecule has 0 aliphatic carbocycles. The van der Waals surface area contributed by atoms with Gasteiger partial charge in [0.05, 0.1) is 47.6 Å². The Morgan fingerprint density at radius 2 is 1.41 bits per heavy atom. The molecule has 1 aromatic carbocycles. The van der Waals surface area contributed by atoms with Crippen LogP contribution in [-0.2, 0) is 75.2 Å². The number of anilines is 1. The second-order valence-corrected chi connectivity index (χ2v) is 30.7. The summed E-state index contributed by atoms with van der Waals surface area (Å²) in [6.45, 7) is 23.3. The largest absolute Gasteiger partial charge is 3.00 e. The van der Waals surface area contributed by atoms with Crippen molar-refractivity contribution in [1.82, 2.24) is 34.4 Å². The van der Waals surface area contributed by atoms with Crippen LogP contribution in [-0.4, -0.2) is 147 Å². The van der Waals surface area contributed by atoms with E-state index >= 15 is 0 Å². The number of carbonyl (C=O) groups excluding carboxylic acids is 7. The summed E-state index contributed by atoms with van der Waals surface area (Å²) in [5, 5.41) is 30.1. The Balaban J connectivity index is 0.000000929. The van der Waals surface area contributed by atoms with Gasteiger partial charge in [0, 0.05) is 108 Å². The van der Waals surface area contributed by atoms with Gasteiger partial charge in [-0.15, -0.1) is 6.54 Å². The monoisotopic (exact) mass is 1490 g/mol.